The number of ether oxygens (including phenoxy) is 1. The van der Waals surface area contributed by atoms with Crippen molar-refractivity contribution in [3.63, 3.8) is 0 Å². The molecular weight excluding hydrogens is 279 g/mol. The number of benzene rings is 2. The maximum atomic E-state index is 14.0. The van der Waals surface area contributed by atoms with Crippen LogP contribution in [0.25, 0.3) is 10.9 Å². The Morgan fingerprint density at radius 2 is 1.91 bits per heavy atom. The Balaban J connectivity index is 2.03. The van der Waals surface area contributed by atoms with Crippen LogP contribution in [0.4, 0.5) is 4.39 Å². The van der Waals surface area contributed by atoms with Crippen molar-refractivity contribution in [2.24, 2.45) is 0 Å². The molecule has 3 nitrogen and oxygen atoms in total. The Labute approximate surface area is 129 Å². The van der Waals surface area contributed by atoms with Crippen LogP contribution in [0.2, 0.25) is 0 Å². The van der Waals surface area contributed by atoms with E-state index in [2.05, 4.69) is 12.0 Å². The lowest BCUT2D eigenvalue weighted by Crippen LogP contribution is -2.05. The Bertz CT molecular complexity index is 778. The summed E-state index contributed by atoms with van der Waals surface area (Å²) in [5.74, 6) is 0.574. The molecule has 22 heavy (non-hydrogen) atoms. The molecule has 0 radical (unpaired) electrons. The summed E-state index contributed by atoms with van der Waals surface area (Å²) in [5, 5.41) is 5.34. The number of aromatic nitrogens is 2. The SMILES string of the molecule is CCCn1nc2c(F)cccc2c1Cc1ccc(OC)cc1. The molecule has 1 heterocycles. The molecule has 0 aliphatic carbocycles. The van der Waals surface area contributed by atoms with Gasteiger partial charge in [-0.3, -0.25) is 4.68 Å². The standard InChI is InChI=1S/C18H19FN2O/c1-3-11-21-17(12-13-7-9-14(22-2)10-8-13)15-5-4-6-16(19)18(15)20-21/h4-10H,3,11-12H2,1-2H3. The van der Waals surface area contributed by atoms with Crippen molar-refractivity contribution in [2.75, 3.05) is 7.11 Å². The highest BCUT2D eigenvalue weighted by atomic mass is 19.1. The molecule has 3 rings (SSSR count). The second-order valence-electron chi connectivity index (χ2n) is 5.33. The highest BCUT2D eigenvalue weighted by Gasteiger charge is 2.14. The minimum atomic E-state index is -0.261. The van der Waals surface area contributed by atoms with E-state index in [9.17, 15) is 4.39 Å². The molecule has 1 aromatic heterocycles. The lowest BCUT2D eigenvalue weighted by Gasteiger charge is -2.07. The van der Waals surface area contributed by atoms with Crippen LogP contribution < -0.4 is 4.74 Å². The van der Waals surface area contributed by atoms with E-state index in [-0.39, 0.29) is 5.82 Å². The predicted molar refractivity (Wildman–Crippen MR) is 85.8 cm³/mol. The summed E-state index contributed by atoms with van der Waals surface area (Å²) in [6.45, 7) is 2.89. The van der Waals surface area contributed by atoms with E-state index in [0.29, 0.717) is 5.52 Å². The van der Waals surface area contributed by atoms with Crippen molar-refractivity contribution >= 4 is 10.9 Å². The Hall–Kier alpha value is -2.36. The molecule has 114 valence electrons. The number of nitrogens with zero attached hydrogens (tertiary/aromatic N) is 2. The Morgan fingerprint density at radius 3 is 2.59 bits per heavy atom. The van der Waals surface area contributed by atoms with Crippen molar-refractivity contribution in [3.05, 3.63) is 59.5 Å². The fourth-order valence-electron chi connectivity index (χ4n) is 2.69. The summed E-state index contributed by atoms with van der Waals surface area (Å²) in [7, 11) is 1.65. The van der Waals surface area contributed by atoms with E-state index < -0.39 is 0 Å². The van der Waals surface area contributed by atoms with Crippen LogP contribution in [0.15, 0.2) is 42.5 Å². The van der Waals surface area contributed by atoms with Gasteiger partial charge >= 0.3 is 0 Å². The van der Waals surface area contributed by atoms with E-state index >= 15 is 0 Å². The average molecular weight is 298 g/mol. The molecule has 0 saturated heterocycles. The smallest absolute Gasteiger partial charge is 0.151 e. The van der Waals surface area contributed by atoms with Crippen molar-refractivity contribution in [3.8, 4) is 5.75 Å². The van der Waals surface area contributed by atoms with Gasteiger partial charge in [-0.2, -0.15) is 5.10 Å². The van der Waals surface area contributed by atoms with Gasteiger partial charge in [-0.05, 0) is 30.2 Å². The highest BCUT2D eigenvalue weighted by Crippen LogP contribution is 2.24. The molecule has 0 spiro atoms. The summed E-state index contributed by atoms with van der Waals surface area (Å²) in [6, 6.07) is 13.1. The van der Waals surface area contributed by atoms with Gasteiger partial charge < -0.3 is 4.74 Å². The third-order valence-electron chi connectivity index (χ3n) is 3.80. The lowest BCUT2D eigenvalue weighted by molar-refractivity contribution is 0.414. The van der Waals surface area contributed by atoms with Crippen LogP contribution in [0.5, 0.6) is 5.75 Å². The third kappa shape index (κ3) is 2.69. The monoisotopic (exact) mass is 298 g/mol. The minimum absolute atomic E-state index is 0.261. The molecule has 0 unspecified atom stereocenters. The predicted octanol–water partition coefficient (Wildman–Crippen LogP) is 4.18. The van der Waals surface area contributed by atoms with Crippen LogP contribution in [-0.2, 0) is 13.0 Å². The molecule has 0 N–H and O–H groups in total. The Kier molecular flexibility index (Phi) is 4.09. The third-order valence-corrected chi connectivity index (χ3v) is 3.80. The molecule has 0 fully saturated rings. The molecule has 0 aliphatic rings. The molecule has 0 aliphatic heterocycles. The topological polar surface area (TPSA) is 27.1 Å². The van der Waals surface area contributed by atoms with Crippen molar-refractivity contribution in [1.29, 1.82) is 0 Å². The number of rotatable bonds is 5. The molecular formula is C18H19FN2O. The van der Waals surface area contributed by atoms with Gasteiger partial charge in [-0.1, -0.05) is 31.2 Å². The van der Waals surface area contributed by atoms with Crippen molar-refractivity contribution in [2.45, 2.75) is 26.3 Å². The van der Waals surface area contributed by atoms with Gasteiger partial charge in [0.15, 0.2) is 5.82 Å². The van der Waals surface area contributed by atoms with E-state index in [0.717, 1.165) is 41.8 Å². The average Bonchev–Trinajstić information content (AvgIpc) is 2.88. The van der Waals surface area contributed by atoms with Gasteiger partial charge in [0.05, 0.1) is 12.8 Å². The molecule has 0 atom stereocenters. The fraction of sp³-hybridized carbons (Fsp3) is 0.278. The maximum Gasteiger partial charge on any atom is 0.151 e. The van der Waals surface area contributed by atoms with Crippen LogP contribution in [-0.4, -0.2) is 16.9 Å². The summed E-state index contributed by atoms with van der Waals surface area (Å²) >= 11 is 0. The maximum absolute atomic E-state index is 14.0. The van der Waals surface area contributed by atoms with Gasteiger partial charge in [0.25, 0.3) is 0 Å². The number of methoxy groups -OCH3 is 1. The van der Waals surface area contributed by atoms with Crippen molar-refractivity contribution in [1.82, 2.24) is 9.78 Å². The summed E-state index contributed by atoms with van der Waals surface area (Å²) in [6.07, 6.45) is 1.69. The molecule has 3 aromatic rings. The first-order valence-electron chi connectivity index (χ1n) is 7.49. The van der Waals surface area contributed by atoms with Gasteiger partial charge in [-0.25, -0.2) is 4.39 Å². The normalized spacial score (nSPS) is 11.0. The van der Waals surface area contributed by atoms with E-state index in [4.69, 9.17) is 4.74 Å². The molecule has 0 amide bonds. The second-order valence-corrected chi connectivity index (χ2v) is 5.33. The zero-order valence-electron chi connectivity index (χ0n) is 12.8. The van der Waals surface area contributed by atoms with Crippen LogP contribution in [0, 0.1) is 5.82 Å². The Morgan fingerprint density at radius 1 is 1.14 bits per heavy atom. The number of hydrogen-bond acceptors (Lipinski definition) is 2. The zero-order valence-corrected chi connectivity index (χ0v) is 12.8. The van der Waals surface area contributed by atoms with Gasteiger partial charge in [-0.15, -0.1) is 0 Å². The summed E-state index contributed by atoms with van der Waals surface area (Å²) < 4.78 is 21.1. The first-order chi connectivity index (χ1) is 10.7. The number of halogens is 1. The van der Waals surface area contributed by atoms with Crippen LogP contribution in [0.1, 0.15) is 24.6 Å². The lowest BCUT2D eigenvalue weighted by atomic mass is 10.1. The second kappa shape index (κ2) is 6.18. The summed E-state index contributed by atoms with van der Waals surface area (Å²) in [4.78, 5) is 0. The van der Waals surface area contributed by atoms with Crippen molar-refractivity contribution < 1.29 is 9.13 Å². The molecule has 0 saturated carbocycles. The van der Waals surface area contributed by atoms with Crippen LogP contribution in [0.3, 0.4) is 0 Å². The van der Waals surface area contributed by atoms with E-state index in [1.165, 1.54) is 6.07 Å². The zero-order chi connectivity index (χ0) is 15.5. The van der Waals surface area contributed by atoms with Gasteiger partial charge in [0.1, 0.15) is 11.3 Å². The number of fused-ring (bicyclic) bond motifs is 1. The van der Waals surface area contributed by atoms with Gasteiger partial charge in [0.2, 0.25) is 0 Å². The first kappa shape index (κ1) is 14.6. The number of hydrogen-bond donors (Lipinski definition) is 0. The van der Waals surface area contributed by atoms with E-state index in [1.54, 1.807) is 13.2 Å². The quantitative estimate of drug-likeness (QED) is 0.706. The highest BCUT2D eigenvalue weighted by molar-refractivity contribution is 5.82. The minimum Gasteiger partial charge on any atom is -0.497 e. The molecule has 4 heteroatoms. The molecule has 0 bridgehead atoms. The number of aryl methyl sites for hydroxylation is 1. The molecule has 2 aromatic carbocycles. The first-order valence-corrected chi connectivity index (χ1v) is 7.49. The largest absolute Gasteiger partial charge is 0.497 e. The summed E-state index contributed by atoms with van der Waals surface area (Å²) in [5.41, 5.74) is 2.67. The van der Waals surface area contributed by atoms with E-state index in [1.807, 2.05) is 35.0 Å². The fourth-order valence-corrected chi connectivity index (χ4v) is 2.69. The van der Waals surface area contributed by atoms with Crippen LogP contribution >= 0.6 is 0 Å². The van der Waals surface area contributed by atoms with Gasteiger partial charge in [0, 0.05) is 18.4 Å².